The van der Waals surface area contributed by atoms with E-state index < -0.39 is 0 Å². The van der Waals surface area contributed by atoms with E-state index in [4.69, 9.17) is 19.0 Å². The first kappa shape index (κ1) is 21.8. The molecule has 0 aliphatic carbocycles. The molecule has 0 aromatic rings. The van der Waals surface area contributed by atoms with Crippen molar-refractivity contribution in [1.29, 1.82) is 0 Å². The van der Waals surface area contributed by atoms with Gasteiger partial charge in [-0.25, -0.2) is 5.48 Å². The molecule has 134 valence electrons. The number of hydroxylamine groups is 1. The molecule has 5 heteroatoms. The Labute approximate surface area is 137 Å². The fraction of sp³-hybridized carbons (Fsp3) is 1.00. The summed E-state index contributed by atoms with van der Waals surface area (Å²) in [5, 5.41) is 0. The van der Waals surface area contributed by atoms with Crippen molar-refractivity contribution in [3.63, 3.8) is 0 Å². The SMILES string of the molecule is CCCNOCC(COC(C)C)(COC(C)C)COC(C)C. The predicted molar refractivity (Wildman–Crippen MR) is 89.9 cm³/mol. The first-order valence-corrected chi connectivity index (χ1v) is 8.50. The molecule has 0 aromatic carbocycles. The van der Waals surface area contributed by atoms with Gasteiger partial charge in [0.2, 0.25) is 0 Å². The van der Waals surface area contributed by atoms with Crippen molar-refractivity contribution in [2.45, 2.75) is 73.2 Å². The lowest BCUT2D eigenvalue weighted by atomic mass is 9.92. The lowest BCUT2D eigenvalue weighted by Crippen LogP contribution is -2.44. The Bertz CT molecular complexity index is 226. The molecule has 0 saturated heterocycles. The average molecular weight is 319 g/mol. The van der Waals surface area contributed by atoms with Gasteiger partial charge in [-0.2, -0.15) is 0 Å². The van der Waals surface area contributed by atoms with Crippen LogP contribution in [-0.4, -0.2) is 51.3 Å². The highest BCUT2D eigenvalue weighted by Crippen LogP contribution is 2.22. The van der Waals surface area contributed by atoms with Crippen molar-refractivity contribution in [2.75, 3.05) is 33.0 Å². The summed E-state index contributed by atoms with van der Waals surface area (Å²) in [6, 6.07) is 0. The summed E-state index contributed by atoms with van der Waals surface area (Å²) in [7, 11) is 0. The molecule has 0 atom stereocenters. The Balaban J connectivity index is 4.76. The molecule has 0 aliphatic heterocycles. The second-order valence-electron chi connectivity index (χ2n) is 6.76. The maximum absolute atomic E-state index is 5.86. The van der Waals surface area contributed by atoms with E-state index in [-0.39, 0.29) is 23.7 Å². The monoisotopic (exact) mass is 319 g/mol. The summed E-state index contributed by atoms with van der Waals surface area (Å²) in [4.78, 5) is 5.65. The minimum atomic E-state index is -0.306. The highest BCUT2D eigenvalue weighted by molar-refractivity contribution is 4.80. The van der Waals surface area contributed by atoms with Gasteiger partial charge in [0, 0.05) is 6.54 Å². The van der Waals surface area contributed by atoms with Gasteiger partial charge < -0.3 is 19.0 Å². The van der Waals surface area contributed by atoms with Crippen molar-refractivity contribution < 1.29 is 19.0 Å². The summed E-state index contributed by atoms with van der Waals surface area (Å²) >= 11 is 0. The molecule has 0 bridgehead atoms. The van der Waals surface area contributed by atoms with Crippen molar-refractivity contribution in [3.05, 3.63) is 0 Å². The molecule has 0 amide bonds. The topological polar surface area (TPSA) is 49.0 Å². The molecule has 0 rings (SSSR count). The van der Waals surface area contributed by atoms with Crippen LogP contribution in [0.2, 0.25) is 0 Å². The van der Waals surface area contributed by atoms with Crippen LogP contribution in [0.3, 0.4) is 0 Å². The van der Waals surface area contributed by atoms with E-state index in [0.29, 0.717) is 26.4 Å². The number of hydrogen-bond donors (Lipinski definition) is 1. The largest absolute Gasteiger partial charge is 0.378 e. The van der Waals surface area contributed by atoms with E-state index >= 15 is 0 Å². The molecular formula is C17H37NO4. The first-order valence-electron chi connectivity index (χ1n) is 8.50. The van der Waals surface area contributed by atoms with Crippen LogP contribution >= 0.6 is 0 Å². The van der Waals surface area contributed by atoms with Gasteiger partial charge in [-0.15, -0.1) is 0 Å². The molecule has 0 saturated carbocycles. The fourth-order valence-electron chi connectivity index (χ4n) is 1.66. The maximum atomic E-state index is 5.86. The quantitative estimate of drug-likeness (QED) is 0.394. The Morgan fingerprint density at radius 2 is 1.14 bits per heavy atom. The third-order valence-electron chi connectivity index (χ3n) is 3.00. The Hall–Kier alpha value is -0.200. The van der Waals surface area contributed by atoms with E-state index in [9.17, 15) is 0 Å². The summed E-state index contributed by atoms with van der Waals surface area (Å²) < 4.78 is 17.6. The van der Waals surface area contributed by atoms with E-state index in [1.165, 1.54) is 0 Å². The van der Waals surface area contributed by atoms with Crippen molar-refractivity contribution >= 4 is 0 Å². The summed E-state index contributed by atoms with van der Waals surface area (Å²) in [5.41, 5.74) is 2.68. The Morgan fingerprint density at radius 3 is 1.45 bits per heavy atom. The van der Waals surface area contributed by atoms with Crippen LogP contribution < -0.4 is 5.48 Å². The van der Waals surface area contributed by atoms with Crippen LogP contribution in [0.15, 0.2) is 0 Å². The second-order valence-corrected chi connectivity index (χ2v) is 6.76. The molecular weight excluding hydrogens is 282 g/mol. The van der Waals surface area contributed by atoms with Crippen molar-refractivity contribution in [3.8, 4) is 0 Å². The van der Waals surface area contributed by atoms with Gasteiger partial charge in [0.1, 0.15) is 0 Å². The van der Waals surface area contributed by atoms with Gasteiger partial charge in [-0.1, -0.05) is 6.92 Å². The Kier molecular flexibility index (Phi) is 12.1. The lowest BCUT2D eigenvalue weighted by molar-refractivity contribution is -0.143. The molecule has 0 radical (unpaired) electrons. The number of rotatable bonds is 14. The molecule has 22 heavy (non-hydrogen) atoms. The van der Waals surface area contributed by atoms with Crippen LogP contribution in [0.5, 0.6) is 0 Å². The zero-order chi connectivity index (χ0) is 17.0. The van der Waals surface area contributed by atoms with Crippen molar-refractivity contribution in [2.24, 2.45) is 5.41 Å². The first-order chi connectivity index (χ1) is 10.3. The third kappa shape index (κ3) is 11.4. The molecule has 0 unspecified atom stereocenters. The highest BCUT2D eigenvalue weighted by atomic mass is 16.6. The molecule has 0 aromatic heterocycles. The lowest BCUT2D eigenvalue weighted by Gasteiger charge is -2.34. The van der Waals surface area contributed by atoms with E-state index in [1.807, 2.05) is 41.5 Å². The van der Waals surface area contributed by atoms with E-state index in [1.54, 1.807) is 0 Å². The van der Waals surface area contributed by atoms with Gasteiger partial charge in [-0.05, 0) is 48.0 Å². The minimum Gasteiger partial charge on any atom is -0.378 e. The predicted octanol–water partition coefficient (Wildman–Crippen LogP) is 3.18. The van der Waals surface area contributed by atoms with E-state index in [2.05, 4.69) is 12.4 Å². The van der Waals surface area contributed by atoms with Gasteiger partial charge in [0.25, 0.3) is 0 Å². The molecule has 0 spiro atoms. The second kappa shape index (κ2) is 12.3. The molecule has 0 heterocycles. The fourth-order valence-corrected chi connectivity index (χ4v) is 1.66. The number of nitrogens with one attached hydrogen (secondary N) is 1. The number of hydrogen-bond acceptors (Lipinski definition) is 5. The normalized spacial score (nSPS) is 12.8. The maximum Gasteiger partial charge on any atom is 0.0805 e. The smallest absolute Gasteiger partial charge is 0.0805 e. The third-order valence-corrected chi connectivity index (χ3v) is 3.00. The Morgan fingerprint density at radius 1 is 0.727 bits per heavy atom. The molecule has 5 nitrogen and oxygen atoms in total. The molecule has 0 aliphatic rings. The number of ether oxygens (including phenoxy) is 3. The van der Waals surface area contributed by atoms with Crippen LogP contribution in [0, 0.1) is 5.41 Å². The van der Waals surface area contributed by atoms with Gasteiger partial charge in [-0.3, -0.25) is 0 Å². The van der Waals surface area contributed by atoms with Gasteiger partial charge in [0.05, 0.1) is 50.2 Å². The van der Waals surface area contributed by atoms with Crippen LogP contribution in [0.25, 0.3) is 0 Å². The summed E-state index contributed by atoms with van der Waals surface area (Å²) in [5.74, 6) is 0. The average Bonchev–Trinajstić information content (AvgIpc) is 2.44. The highest BCUT2D eigenvalue weighted by Gasteiger charge is 2.33. The van der Waals surface area contributed by atoms with Gasteiger partial charge >= 0.3 is 0 Å². The van der Waals surface area contributed by atoms with Crippen LogP contribution in [0.1, 0.15) is 54.9 Å². The summed E-state index contributed by atoms with van der Waals surface area (Å²) in [6.45, 7) is 17.3. The minimum absolute atomic E-state index is 0.168. The summed E-state index contributed by atoms with van der Waals surface area (Å²) in [6.07, 6.45) is 1.53. The van der Waals surface area contributed by atoms with Crippen LogP contribution in [-0.2, 0) is 19.0 Å². The zero-order valence-electron chi connectivity index (χ0n) is 15.6. The van der Waals surface area contributed by atoms with Crippen LogP contribution in [0.4, 0.5) is 0 Å². The van der Waals surface area contributed by atoms with Crippen molar-refractivity contribution in [1.82, 2.24) is 5.48 Å². The van der Waals surface area contributed by atoms with Gasteiger partial charge in [0.15, 0.2) is 0 Å². The standard InChI is InChI=1S/C17H37NO4/c1-8-9-18-22-13-17(10-19-14(2)3,11-20-15(4)5)12-21-16(6)7/h14-16,18H,8-13H2,1-7H3. The van der Waals surface area contributed by atoms with E-state index in [0.717, 1.165) is 13.0 Å². The zero-order valence-corrected chi connectivity index (χ0v) is 15.6. The molecule has 1 N–H and O–H groups in total. The molecule has 0 fully saturated rings.